The number of aliphatic hydroxyl groups is 1. The zero-order chi connectivity index (χ0) is 24.0. The number of ether oxygens (including phenoxy) is 2. The van der Waals surface area contributed by atoms with Gasteiger partial charge in [0.15, 0.2) is 0 Å². The van der Waals surface area contributed by atoms with Crippen molar-refractivity contribution < 1.29 is 29.0 Å². The molecule has 4 rings (SSSR count). The molecule has 2 unspecified atom stereocenters. The number of carbonyl (C=O) groups excluding carboxylic acids is 3. The molecule has 0 aromatic rings. The van der Waals surface area contributed by atoms with Crippen molar-refractivity contribution in [3.63, 3.8) is 0 Å². The maximum atomic E-state index is 14.1. The highest BCUT2D eigenvalue weighted by molar-refractivity contribution is 5.99. The summed E-state index contributed by atoms with van der Waals surface area (Å²) in [7, 11) is 0. The van der Waals surface area contributed by atoms with Gasteiger partial charge in [0, 0.05) is 12.6 Å². The Morgan fingerprint density at radius 3 is 2.52 bits per heavy atom. The number of rotatable bonds is 7. The first-order valence-corrected chi connectivity index (χ1v) is 12.3. The maximum absolute atomic E-state index is 14.1. The summed E-state index contributed by atoms with van der Waals surface area (Å²) in [4.78, 5) is 44.6. The molecular weight excluding hydrogens is 424 g/mol. The second-order valence-corrected chi connectivity index (χ2v) is 9.68. The molecule has 8 nitrogen and oxygen atoms in total. The van der Waals surface area contributed by atoms with Gasteiger partial charge in [-0.3, -0.25) is 14.4 Å². The molecular formula is C25H36N2O6. The fourth-order valence-corrected chi connectivity index (χ4v) is 6.33. The van der Waals surface area contributed by atoms with E-state index in [4.69, 9.17) is 9.47 Å². The van der Waals surface area contributed by atoms with Crippen molar-refractivity contribution in [3.8, 4) is 0 Å². The lowest BCUT2D eigenvalue weighted by Crippen LogP contribution is -2.59. The number of carbonyl (C=O) groups is 3. The number of hydrogen-bond donors (Lipinski definition) is 1. The first kappa shape index (κ1) is 24.0. The molecule has 1 N–H and O–H groups in total. The monoisotopic (exact) mass is 460 g/mol. The van der Waals surface area contributed by atoms with Crippen LogP contribution < -0.4 is 0 Å². The fourth-order valence-electron chi connectivity index (χ4n) is 6.33. The molecule has 4 aliphatic heterocycles. The summed E-state index contributed by atoms with van der Waals surface area (Å²) in [6, 6.07) is -1.49. The highest BCUT2D eigenvalue weighted by Gasteiger charge is 2.76. The third kappa shape index (κ3) is 3.36. The van der Waals surface area contributed by atoms with Gasteiger partial charge in [-0.25, -0.2) is 0 Å². The Hall–Kier alpha value is -2.19. The summed E-state index contributed by atoms with van der Waals surface area (Å²) in [6.07, 6.45) is 10.1. The van der Waals surface area contributed by atoms with Crippen LogP contribution in [0.1, 0.15) is 53.4 Å². The van der Waals surface area contributed by atoms with Crippen LogP contribution in [0.2, 0.25) is 0 Å². The van der Waals surface area contributed by atoms with Crippen molar-refractivity contribution in [1.82, 2.24) is 9.80 Å². The van der Waals surface area contributed by atoms with Gasteiger partial charge in [-0.15, -0.1) is 0 Å². The quantitative estimate of drug-likeness (QED) is 0.460. The van der Waals surface area contributed by atoms with Crippen molar-refractivity contribution in [2.75, 3.05) is 19.8 Å². The van der Waals surface area contributed by atoms with Crippen LogP contribution in [0.5, 0.6) is 0 Å². The normalized spacial score (nSPS) is 37.2. The van der Waals surface area contributed by atoms with Crippen molar-refractivity contribution in [1.29, 1.82) is 0 Å². The van der Waals surface area contributed by atoms with E-state index in [1.807, 2.05) is 39.0 Å². The first-order valence-electron chi connectivity index (χ1n) is 12.3. The number of hydrogen-bond acceptors (Lipinski definition) is 6. The largest absolute Gasteiger partial charge is 0.461 e. The Bertz CT molecular complexity index is 867. The molecule has 0 aliphatic carbocycles. The Balaban J connectivity index is 1.90. The van der Waals surface area contributed by atoms with E-state index in [0.717, 1.165) is 12.8 Å². The zero-order valence-corrected chi connectivity index (χ0v) is 20.0. The van der Waals surface area contributed by atoms with Gasteiger partial charge in [-0.1, -0.05) is 45.4 Å². The molecule has 182 valence electrons. The second kappa shape index (κ2) is 8.87. The van der Waals surface area contributed by atoms with Crippen LogP contribution in [0.15, 0.2) is 24.3 Å². The average Bonchev–Trinajstić information content (AvgIpc) is 3.07. The van der Waals surface area contributed by atoms with E-state index < -0.39 is 41.1 Å². The zero-order valence-electron chi connectivity index (χ0n) is 20.0. The van der Waals surface area contributed by atoms with Crippen LogP contribution in [0.25, 0.3) is 0 Å². The van der Waals surface area contributed by atoms with Gasteiger partial charge >= 0.3 is 5.97 Å². The van der Waals surface area contributed by atoms with E-state index in [1.165, 1.54) is 4.90 Å². The Labute approximate surface area is 195 Å². The van der Waals surface area contributed by atoms with Crippen LogP contribution in [-0.4, -0.2) is 81.8 Å². The van der Waals surface area contributed by atoms with Crippen LogP contribution in [0, 0.1) is 11.8 Å². The lowest BCUT2D eigenvalue weighted by molar-refractivity contribution is -0.161. The van der Waals surface area contributed by atoms with E-state index in [1.54, 1.807) is 11.0 Å². The van der Waals surface area contributed by atoms with Crippen LogP contribution in [-0.2, 0) is 23.9 Å². The summed E-state index contributed by atoms with van der Waals surface area (Å²) >= 11 is 0. The van der Waals surface area contributed by atoms with Crippen LogP contribution in [0.3, 0.4) is 0 Å². The molecule has 0 aromatic carbocycles. The van der Waals surface area contributed by atoms with E-state index in [-0.39, 0.29) is 31.1 Å². The van der Waals surface area contributed by atoms with Gasteiger partial charge in [0.25, 0.3) is 0 Å². The molecule has 33 heavy (non-hydrogen) atoms. The lowest BCUT2D eigenvalue weighted by atomic mass is 9.73. The Kier molecular flexibility index (Phi) is 6.44. The highest BCUT2D eigenvalue weighted by atomic mass is 16.6. The van der Waals surface area contributed by atoms with Crippen molar-refractivity contribution in [2.24, 2.45) is 11.8 Å². The van der Waals surface area contributed by atoms with E-state index in [0.29, 0.717) is 19.4 Å². The molecule has 0 saturated carbocycles. The van der Waals surface area contributed by atoms with Gasteiger partial charge in [-0.2, -0.15) is 0 Å². The Morgan fingerprint density at radius 2 is 1.88 bits per heavy atom. The molecule has 4 aliphatic rings. The lowest BCUT2D eigenvalue weighted by Gasteiger charge is -2.41. The molecule has 0 bridgehead atoms. The van der Waals surface area contributed by atoms with Gasteiger partial charge in [0.2, 0.25) is 11.8 Å². The summed E-state index contributed by atoms with van der Waals surface area (Å²) in [6.45, 7) is 8.17. The predicted molar refractivity (Wildman–Crippen MR) is 121 cm³/mol. The summed E-state index contributed by atoms with van der Waals surface area (Å²) in [5, 5.41) is 10.1. The number of cyclic esters (lactones) is 1. The highest BCUT2D eigenvalue weighted by Crippen LogP contribution is 2.58. The van der Waals surface area contributed by atoms with E-state index in [9.17, 15) is 19.5 Å². The van der Waals surface area contributed by atoms with E-state index in [2.05, 4.69) is 6.92 Å². The number of amides is 2. The molecule has 2 saturated heterocycles. The first-order chi connectivity index (χ1) is 15.8. The van der Waals surface area contributed by atoms with Gasteiger partial charge < -0.3 is 24.4 Å². The molecule has 2 fully saturated rings. The third-order valence-corrected chi connectivity index (χ3v) is 7.98. The summed E-state index contributed by atoms with van der Waals surface area (Å²) in [5.41, 5.74) is -2.31. The van der Waals surface area contributed by atoms with Crippen molar-refractivity contribution in [2.45, 2.75) is 82.7 Å². The molecule has 1 spiro atoms. The summed E-state index contributed by atoms with van der Waals surface area (Å²) in [5.74, 6) is -2.73. The number of likely N-dealkylation sites (tertiary alicyclic amines) is 1. The molecule has 0 radical (unpaired) electrons. The van der Waals surface area contributed by atoms with Gasteiger partial charge in [0.1, 0.15) is 29.8 Å². The topological polar surface area (TPSA) is 96.4 Å². The molecule has 4 heterocycles. The maximum Gasteiger partial charge on any atom is 0.313 e. The minimum absolute atomic E-state index is 0.00983. The SMILES string of the molecule is CCCC(C)N1CC=C[C@]23O[C@]4(CC)C=CCOC(=O)[C@@H]4[C@H]2C(=O)N([C@@H](CC)CO)C3C1=O. The number of esters is 1. The third-order valence-electron chi connectivity index (χ3n) is 7.98. The molecule has 2 amide bonds. The Morgan fingerprint density at radius 1 is 1.12 bits per heavy atom. The predicted octanol–water partition coefficient (Wildman–Crippen LogP) is 1.82. The molecule has 0 aromatic heterocycles. The van der Waals surface area contributed by atoms with Gasteiger partial charge in [0.05, 0.1) is 18.6 Å². The number of aliphatic hydroxyl groups excluding tert-OH is 1. The molecule has 8 heteroatoms. The standard InChI is InChI=1S/C25H36N2O6/c1-5-10-16(4)26-13-8-12-25-18(19-23(31)32-14-9-11-24(19,7-3)33-25)21(29)27(17(6-2)15-28)20(25)22(26)30/h8-9,11-12,16-20,28H,5-7,10,13-15H2,1-4H3/t16?,17-,18-,19-,20?,24+,25-/m0/s1. The number of fused-ring (bicyclic) bond motifs is 2. The molecule has 7 atom stereocenters. The van der Waals surface area contributed by atoms with Crippen molar-refractivity contribution in [3.05, 3.63) is 24.3 Å². The van der Waals surface area contributed by atoms with Crippen LogP contribution in [0.4, 0.5) is 0 Å². The minimum Gasteiger partial charge on any atom is -0.461 e. The number of nitrogens with zero attached hydrogens (tertiary/aromatic N) is 2. The van der Waals surface area contributed by atoms with Crippen LogP contribution >= 0.6 is 0 Å². The fraction of sp³-hybridized carbons (Fsp3) is 0.720. The van der Waals surface area contributed by atoms with E-state index >= 15 is 0 Å². The summed E-state index contributed by atoms with van der Waals surface area (Å²) < 4.78 is 12.2. The van der Waals surface area contributed by atoms with Gasteiger partial charge in [-0.05, 0) is 32.3 Å². The second-order valence-electron chi connectivity index (χ2n) is 9.68. The average molecular weight is 461 g/mol. The minimum atomic E-state index is -1.29. The smallest absolute Gasteiger partial charge is 0.313 e. The van der Waals surface area contributed by atoms with Crippen molar-refractivity contribution >= 4 is 17.8 Å².